The number of hydrogen-bond acceptors (Lipinski definition) is 7. The molecule has 7 nitrogen and oxygen atoms in total. The molecule has 2 aliphatic rings. The Morgan fingerprint density at radius 1 is 0.694 bits per heavy atom. The fraction of sp³-hybridized carbons (Fsp3) is 0.545. The highest BCUT2D eigenvalue weighted by Gasteiger charge is 2.37. The van der Waals surface area contributed by atoms with Crippen molar-refractivity contribution in [2.24, 2.45) is 5.92 Å². The summed E-state index contributed by atoms with van der Waals surface area (Å²) in [5.41, 5.74) is -3.66. The number of rotatable bonds is 10. The summed E-state index contributed by atoms with van der Waals surface area (Å²) < 4.78 is 124. The van der Waals surface area contributed by atoms with Crippen molar-refractivity contribution >= 4 is 17.5 Å². The van der Waals surface area contributed by atoms with Gasteiger partial charge in [-0.1, -0.05) is 12.8 Å². The first-order valence-corrected chi connectivity index (χ1v) is 16.1. The number of halogens is 9. The maximum Gasteiger partial charge on any atom is 0.417 e. The molecule has 0 N–H and O–H groups in total. The number of pyridine rings is 1. The molecule has 1 saturated heterocycles. The summed E-state index contributed by atoms with van der Waals surface area (Å²) in [6.07, 6.45) is -7.17. The van der Waals surface area contributed by atoms with Crippen molar-refractivity contribution in [2.75, 3.05) is 61.0 Å². The topological polar surface area (TPSA) is 51.6 Å². The fourth-order valence-electron chi connectivity index (χ4n) is 6.37. The summed E-state index contributed by atoms with van der Waals surface area (Å²) in [5.74, 6) is 0.483. The second-order valence-electron chi connectivity index (χ2n) is 12.7. The Labute approximate surface area is 278 Å². The average molecular weight is 704 g/mol. The molecule has 2 fully saturated rings. The van der Waals surface area contributed by atoms with E-state index in [-0.39, 0.29) is 35.5 Å². The van der Waals surface area contributed by atoms with Gasteiger partial charge in [0.25, 0.3) is 0 Å². The predicted octanol–water partition coefficient (Wildman–Crippen LogP) is 7.90. The summed E-state index contributed by atoms with van der Waals surface area (Å²) >= 11 is 0. The lowest BCUT2D eigenvalue weighted by atomic mass is 10.0. The van der Waals surface area contributed by atoms with E-state index < -0.39 is 41.8 Å². The molecule has 0 atom stereocenters. The number of piperazine rings is 1. The van der Waals surface area contributed by atoms with Crippen LogP contribution < -0.4 is 14.7 Å². The molecule has 0 radical (unpaired) electrons. The van der Waals surface area contributed by atoms with E-state index in [1.165, 1.54) is 17.3 Å². The summed E-state index contributed by atoms with van der Waals surface area (Å²) in [5, 5.41) is 0. The van der Waals surface area contributed by atoms with Crippen molar-refractivity contribution < 1.29 is 39.5 Å². The van der Waals surface area contributed by atoms with Gasteiger partial charge in [-0.2, -0.15) is 39.5 Å². The first-order chi connectivity index (χ1) is 23.0. The van der Waals surface area contributed by atoms with Crippen LogP contribution in [-0.4, -0.2) is 66.2 Å². The molecule has 5 rings (SSSR count). The van der Waals surface area contributed by atoms with Gasteiger partial charge >= 0.3 is 18.5 Å². The molecule has 268 valence electrons. The van der Waals surface area contributed by atoms with Crippen LogP contribution in [0.4, 0.5) is 57.0 Å². The van der Waals surface area contributed by atoms with Crippen molar-refractivity contribution in [1.29, 1.82) is 0 Å². The van der Waals surface area contributed by atoms with Crippen LogP contribution in [0.3, 0.4) is 0 Å². The van der Waals surface area contributed by atoms with Gasteiger partial charge < -0.3 is 19.6 Å². The van der Waals surface area contributed by atoms with Crippen molar-refractivity contribution in [3.63, 3.8) is 0 Å². The molecule has 1 aliphatic carbocycles. The zero-order chi connectivity index (χ0) is 35.6. The Balaban J connectivity index is 1.57. The number of anilines is 3. The standard InChI is InChI=1S/C33H38F9N7/c1-3-47(19-22-6-4-5-7-22)29-24(14-27(16-43-29)33(40,41)42)21-49(30-44-17-28(18-45-30)48-10-8-46(2)9-11-48)20-23-12-25(31(34,35)36)15-26(13-23)32(37,38)39/h12-18,22H,3-11,19-21H2,1-2H3. The Morgan fingerprint density at radius 3 is 1.80 bits per heavy atom. The molecule has 1 aliphatic heterocycles. The Morgan fingerprint density at radius 2 is 1.27 bits per heavy atom. The largest absolute Gasteiger partial charge is 0.417 e. The number of alkyl halides is 9. The monoisotopic (exact) mass is 703 g/mol. The number of hydrogen-bond donors (Lipinski definition) is 0. The van der Waals surface area contributed by atoms with Crippen LogP contribution in [0.5, 0.6) is 0 Å². The van der Waals surface area contributed by atoms with Gasteiger partial charge in [-0.25, -0.2) is 15.0 Å². The highest BCUT2D eigenvalue weighted by atomic mass is 19.4. The number of benzene rings is 1. The zero-order valence-corrected chi connectivity index (χ0v) is 27.1. The SMILES string of the molecule is CCN(CC1CCCC1)c1ncc(C(F)(F)F)cc1CN(Cc1cc(C(F)(F)F)cc(C(F)(F)F)c1)c1ncc(N2CCN(C)CC2)cn1. The smallest absolute Gasteiger partial charge is 0.366 e. The van der Waals surface area contributed by atoms with Crippen LogP contribution in [0.2, 0.25) is 0 Å². The Bertz CT molecular complexity index is 1510. The first-order valence-electron chi connectivity index (χ1n) is 16.1. The molecule has 49 heavy (non-hydrogen) atoms. The lowest BCUT2D eigenvalue weighted by molar-refractivity contribution is -0.143. The van der Waals surface area contributed by atoms with Crippen LogP contribution in [0.25, 0.3) is 0 Å². The molecule has 3 aromatic rings. The second-order valence-corrected chi connectivity index (χ2v) is 12.7. The minimum absolute atomic E-state index is 0.0339. The maximum absolute atomic E-state index is 14.0. The molecular formula is C33H38F9N7. The molecule has 16 heteroatoms. The molecule has 2 aromatic heterocycles. The highest BCUT2D eigenvalue weighted by Crippen LogP contribution is 2.38. The van der Waals surface area contributed by atoms with Crippen LogP contribution in [0, 0.1) is 5.92 Å². The van der Waals surface area contributed by atoms with E-state index in [0.717, 1.165) is 51.0 Å². The van der Waals surface area contributed by atoms with Crippen molar-refractivity contribution in [2.45, 2.75) is 64.2 Å². The normalized spacial score (nSPS) is 16.8. The second kappa shape index (κ2) is 14.6. The zero-order valence-electron chi connectivity index (χ0n) is 27.1. The van der Waals surface area contributed by atoms with Crippen molar-refractivity contribution in [3.8, 4) is 0 Å². The Hall–Kier alpha value is -3.82. The van der Waals surface area contributed by atoms with E-state index in [0.29, 0.717) is 49.9 Å². The molecule has 1 aromatic carbocycles. The van der Waals surface area contributed by atoms with Gasteiger partial charge in [-0.3, -0.25) is 0 Å². The maximum atomic E-state index is 14.0. The summed E-state index contributed by atoms with van der Waals surface area (Å²) in [6, 6.07) is 2.17. The minimum atomic E-state index is -5.08. The molecule has 3 heterocycles. The van der Waals surface area contributed by atoms with Gasteiger partial charge in [0.05, 0.1) is 34.8 Å². The molecule has 0 spiro atoms. The van der Waals surface area contributed by atoms with Crippen molar-refractivity contribution in [3.05, 3.63) is 70.7 Å². The first kappa shape index (κ1) is 36.5. The third-order valence-electron chi connectivity index (χ3n) is 9.06. The van der Waals surface area contributed by atoms with Crippen LogP contribution in [-0.2, 0) is 31.6 Å². The third kappa shape index (κ3) is 9.25. The summed E-state index contributed by atoms with van der Waals surface area (Å²) in [4.78, 5) is 20.4. The minimum Gasteiger partial charge on any atom is -0.366 e. The molecule has 0 bridgehead atoms. The average Bonchev–Trinajstić information content (AvgIpc) is 3.56. The highest BCUT2D eigenvalue weighted by molar-refractivity contribution is 5.52. The third-order valence-corrected chi connectivity index (χ3v) is 9.06. The summed E-state index contributed by atoms with van der Waals surface area (Å²) in [6.45, 7) is 4.79. The van der Waals surface area contributed by atoms with Crippen LogP contribution in [0.15, 0.2) is 42.9 Å². The van der Waals surface area contributed by atoms with Crippen LogP contribution >= 0.6 is 0 Å². The molecular weight excluding hydrogens is 665 g/mol. The van der Waals surface area contributed by atoms with Gasteiger partial charge in [0, 0.05) is 64.1 Å². The lowest BCUT2D eigenvalue weighted by Crippen LogP contribution is -2.44. The van der Waals surface area contributed by atoms with E-state index in [9.17, 15) is 39.5 Å². The fourth-order valence-corrected chi connectivity index (χ4v) is 6.37. The van der Waals surface area contributed by atoms with E-state index in [2.05, 4.69) is 19.9 Å². The van der Waals surface area contributed by atoms with E-state index in [1.54, 1.807) is 0 Å². The number of nitrogens with zero attached hydrogens (tertiary/aromatic N) is 7. The summed E-state index contributed by atoms with van der Waals surface area (Å²) in [7, 11) is 1.98. The van der Waals surface area contributed by atoms with E-state index in [4.69, 9.17) is 0 Å². The van der Waals surface area contributed by atoms with Gasteiger partial charge in [0.15, 0.2) is 0 Å². The molecule has 0 amide bonds. The van der Waals surface area contributed by atoms with Gasteiger partial charge in [0.1, 0.15) is 5.82 Å². The van der Waals surface area contributed by atoms with Gasteiger partial charge in [-0.15, -0.1) is 0 Å². The van der Waals surface area contributed by atoms with Gasteiger partial charge in [0.2, 0.25) is 5.95 Å². The molecule has 0 unspecified atom stereocenters. The lowest BCUT2D eigenvalue weighted by Gasteiger charge is -2.34. The van der Waals surface area contributed by atoms with E-state index >= 15 is 0 Å². The van der Waals surface area contributed by atoms with Crippen LogP contribution in [0.1, 0.15) is 60.4 Å². The Kier molecular flexibility index (Phi) is 10.8. The number of likely N-dealkylation sites (N-methyl/N-ethyl adjacent to an activating group) is 1. The molecule has 1 saturated carbocycles. The van der Waals surface area contributed by atoms with E-state index in [1.807, 2.05) is 23.8 Å². The quantitative estimate of drug-likeness (QED) is 0.199. The van der Waals surface area contributed by atoms with Gasteiger partial charge in [-0.05, 0) is 62.6 Å². The number of aromatic nitrogens is 3. The predicted molar refractivity (Wildman–Crippen MR) is 167 cm³/mol. The van der Waals surface area contributed by atoms with Crippen molar-refractivity contribution in [1.82, 2.24) is 19.9 Å².